The van der Waals surface area contributed by atoms with Crippen molar-refractivity contribution in [3.05, 3.63) is 47.1 Å². The Morgan fingerprint density at radius 3 is 2.67 bits per heavy atom. The molecule has 0 unspecified atom stereocenters. The number of hydrogen-bond donors (Lipinski definition) is 1. The summed E-state index contributed by atoms with van der Waals surface area (Å²) < 4.78 is 45.2. The van der Waals surface area contributed by atoms with E-state index < -0.39 is 15.8 Å². The first-order chi connectivity index (χ1) is 10.0. The van der Waals surface area contributed by atoms with Crippen molar-refractivity contribution < 1.29 is 17.5 Å². The van der Waals surface area contributed by atoms with E-state index in [1.165, 1.54) is 23.5 Å². The van der Waals surface area contributed by atoms with Crippen LogP contribution in [0.25, 0.3) is 0 Å². The Kier molecular flexibility index (Phi) is 5.33. The molecule has 0 aliphatic carbocycles. The summed E-state index contributed by atoms with van der Waals surface area (Å²) in [4.78, 5) is 1.01. The molecule has 2 aromatic rings. The number of rotatable bonds is 7. The second-order valence-corrected chi connectivity index (χ2v) is 7.41. The van der Waals surface area contributed by atoms with Gasteiger partial charge in [-0.15, -0.1) is 11.3 Å². The maximum Gasteiger partial charge on any atom is 0.250 e. The number of nitrogens with one attached hydrogen (secondary N) is 1. The van der Waals surface area contributed by atoms with Gasteiger partial charge in [-0.1, -0.05) is 19.1 Å². The van der Waals surface area contributed by atoms with Crippen LogP contribution >= 0.6 is 11.3 Å². The monoisotopic (exact) mass is 329 g/mol. The van der Waals surface area contributed by atoms with Gasteiger partial charge in [-0.05, 0) is 30.7 Å². The average Bonchev–Trinajstić information content (AvgIpc) is 2.95. The summed E-state index contributed by atoms with van der Waals surface area (Å²) in [5.74, 6) is -0.354. The summed E-state index contributed by atoms with van der Waals surface area (Å²) in [5, 5.41) is 0. The van der Waals surface area contributed by atoms with Gasteiger partial charge in [0, 0.05) is 11.4 Å². The minimum absolute atomic E-state index is 0.0617. The molecule has 0 amide bonds. The molecule has 0 saturated heterocycles. The molecule has 4 nitrogen and oxygen atoms in total. The molecule has 1 heterocycles. The molecular weight excluding hydrogens is 313 g/mol. The number of para-hydroxylation sites is 1. The van der Waals surface area contributed by atoms with Crippen LogP contribution in [0.2, 0.25) is 0 Å². The van der Waals surface area contributed by atoms with Gasteiger partial charge in [-0.25, -0.2) is 17.5 Å². The first kappa shape index (κ1) is 15.9. The highest BCUT2D eigenvalue weighted by Crippen LogP contribution is 2.21. The predicted molar refractivity (Wildman–Crippen MR) is 80.8 cm³/mol. The minimum atomic E-state index is -3.52. The van der Waals surface area contributed by atoms with Gasteiger partial charge >= 0.3 is 0 Å². The average molecular weight is 329 g/mol. The molecule has 0 atom stereocenters. The highest BCUT2D eigenvalue weighted by atomic mass is 32.2. The Morgan fingerprint density at radius 1 is 1.24 bits per heavy atom. The number of sulfonamides is 1. The number of hydrogen-bond acceptors (Lipinski definition) is 4. The lowest BCUT2D eigenvalue weighted by Crippen LogP contribution is -2.27. The van der Waals surface area contributed by atoms with Crippen molar-refractivity contribution in [3.63, 3.8) is 0 Å². The summed E-state index contributed by atoms with van der Waals surface area (Å²) >= 11 is 1.25. The molecule has 114 valence electrons. The van der Waals surface area contributed by atoms with Crippen LogP contribution in [0.1, 0.15) is 11.8 Å². The summed E-state index contributed by atoms with van der Waals surface area (Å²) in [6.07, 6.45) is 0.802. The molecule has 0 saturated carbocycles. The Labute approximate surface area is 127 Å². The summed E-state index contributed by atoms with van der Waals surface area (Å²) in [6.45, 7) is 2.11. The fourth-order valence-corrected chi connectivity index (χ4v) is 4.02. The van der Waals surface area contributed by atoms with Gasteiger partial charge in [-0.2, -0.15) is 0 Å². The largest absolute Gasteiger partial charge is 0.489 e. The van der Waals surface area contributed by atoms with E-state index in [0.29, 0.717) is 0 Å². The molecule has 1 aromatic heterocycles. The van der Waals surface area contributed by atoms with Crippen LogP contribution in [0.5, 0.6) is 5.75 Å². The van der Waals surface area contributed by atoms with Crippen LogP contribution in [-0.4, -0.2) is 21.6 Å². The van der Waals surface area contributed by atoms with Crippen LogP contribution in [0.3, 0.4) is 0 Å². The predicted octanol–water partition coefficient (Wildman–Crippen LogP) is 2.81. The molecule has 0 fully saturated rings. The lowest BCUT2D eigenvalue weighted by molar-refractivity contribution is 0.306. The topological polar surface area (TPSA) is 55.4 Å². The summed E-state index contributed by atoms with van der Waals surface area (Å²) in [5.41, 5.74) is 0. The maximum atomic E-state index is 13.3. The second-order valence-electron chi connectivity index (χ2n) is 4.25. The Morgan fingerprint density at radius 2 is 2.00 bits per heavy atom. The van der Waals surface area contributed by atoms with Crippen molar-refractivity contribution in [3.8, 4) is 5.75 Å². The highest BCUT2D eigenvalue weighted by molar-refractivity contribution is 7.91. The van der Waals surface area contributed by atoms with E-state index in [0.717, 1.165) is 11.3 Å². The van der Waals surface area contributed by atoms with E-state index in [1.54, 1.807) is 24.3 Å². The first-order valence-corrected chi connectivity index (χ1v) is 8.78. The van der Waals surface area contributed by atoms with Gasteiger partial charge in [0.05, 0.1) is 0 Å². The molecule has 0 radical (unpaired) electrons. The zero-order valence-electron chi connectivity index (χ0n) is 11.5. The fourth-order valence-electron chi connectivity index (χ4n) is 1.66. The Balaban J connectivity index is 1.86. The number of aryl methyl sites for hydroxylation is 1. The summed E-state index contributed by atoms with van der Waals surface area (Å²) in [7, 11) is -3.52. The van der Waals surface area contributed by atoms with E-state index in [-0.39, 0.29) is 23.1 Å². The Hall–Kier alpha value is -1.44. The third kappa shape index (κ3) is 4.26. The van der Waals surface area contributed by atoms with Gasteiger partial charge in [0.1, 0.15) is 10.8 Å². The van der Waals surface area contributed by atoms with Gasteiger partial charge in [0.15, 0.2) is 11.6 Å². The molecule has 0 spiro atoms. The smallest absolute Gasteiger partial charge is 0.250 e. The lowest BCUT2D eigenvalue weighted by atomic mass is 10.3. The van der Waals surface area contributed by atoms with Crippen molar-refractivity contribution in [2.45, 2.75) is 17.6 Å². The SMILES string of the molecule is CCc1ccc(S(=O)(=O)NCCOc2ccccc2F)s1. The standard InChI is InChI=1S/C14H16FNO3S2/c1-2-11-7-8-14(20-11)21(17,18)16-9-10-19-13-6-4-3-5-12(13)15/h3-8,16H,2,9-10H2,1H3. The van der Waals surface area contributed by atoms with E-state index in [2.05, 4.69) is 4.72 Å². The van der Waals surface area contributed by atoms with Crippen LogP contribution in [-0.2, 0) is 16.4 Å². The molecule has 0 bridgehead atoms. The van der Waals surface area contributed by atoms with Gasteiger partial charge in [0.25, 0.3) is 0 Å². The zero-order valence-corrected chi connectivity index (χ0v) is 13.1. The van der Waals surface area contributed by atoms with E-state index in [1.807, 2.05) is 6.92 Å². The molecule has 0 aliphatic rings. The zero-order chi connectivity index (χ0) is 15.3. The first-order valence-electron chi connectivity index (χ1n) is 6.48. The normalized spacial score (nSPS) is 11.5. The van der Waals surface area contributed by atoms with Crippen molar-refractivity contribution in [1.29, 1.82) is 0 Å². The van der Waals surface area contributed by atoms with Crippen molar-refractivity contribution in [2.75, 3.05) is 13.2 Å². The van der Waals surface area contributed by atoms with Crippen molar-refractivity contribution in [1.82, 2.24) is 4.72 Å². The molecule has 1 aromatic carbocycles. The highest BCUT2D eigenvalue weighted by Gasteiger charge is 2.15. The third-order valence-corrected chi connectivity index (χ3v) is 5.92. The van der Waals surface area contributed by atoms with Crippen molar-refractivity contribution >= 4 is 21.4 Å². The molecule has 2 rings (SSSR count). The van der Waals surface area contributed by atoms with Crippen LogP contribution in [0.15, 0.2) is 40.6 Å². The maximum absolute atomic E-state index is 13.3. The number of benzene rings is 1. The van der Waals surface area contributed by atoms with Crippen LogP contribution in [0, 0.1) is 5.82 Å². The number of thiophene rings is 1. The number of halogens is 1. The quantitative estimate of drug-likeness (QED) is 0.795. The second kappa shape index (κ2) is 7.02. The minimum Gasteiger partial charge on any atom is -0.489 e. The Bertz CT molecular complexity index is 698. The third-order valence-electron chi connectivity index (χ3n) is 2.74. The molecular formula is C14H16FNO3S2. The number of ether oxygens (including phenoxy) is 1. The molecule has 7 heteroatoms. The molecule has 21 heavy (non-hydrogen) atoms. The van der Waals surface area contributed by atoms with Crippen LogP contribution < -0.4 is 9.46 Å². The lowest BCUT2D eigenvalue weighted by Gasteiger charge is -2.08. The molecule has 1 N–H and O–H groups in total. The van der Waals surface area contributed by atoms with E-state index in [4.69, 9.17) is 4.74 Å². The van der Waals surface area contributed by atoms with Gasteiger partial charge < -0.3 is 4.74 Å². The van der Waals surface area contributed by atoms with Gasteiger partial charge in [0.2, 0.25) is 10.0 Å². The fraction of sp³-hybridized carbons (Fsp3) is 0.286. The summed E-state index contributed by atoms with van der Waals surface area (Å²) in [6, 6.07) is 9.39. The van der Waals surface area contributed by atoms with Gasteiger partial charge in [-0.3, -0.25) is 0 Å². The van der Waals surface area contributed by atoms with E-state index >= 15 is 0 Å². The molecule has 0 aliphatic heterocycles. The van der Waals surface area contributed by atoms with Crippen molar-refractivity contribution in [2.24, 2.45) is 0 Å². The van der Waals surface area contributed by atoms with Crippen LogP contribution in [0.4, 0.5) is 4.39 Å². The van der Waals surface area contributed by atoms with E-state index in [9.17, 15) is 12.8 Å².